The predicted octanol–water partition coefficient (Wildman–Crippen LogP) is 2.40. The van der Waals surface area contributed by atoms with Crippen LogP contribution >= 0.6 is 0 Å². The van der Waals surface area contributed by atoms with Crippen LogP contribution in [0.5, 0.6) is 0 Å². The lowest BCUT2D eigenvalue weighted by Crippen LogP contribution is -2.44. The molecule has 2 aliphatic rings. The smallest absolute Gasteiger partial charge is 0.315 e. The summed E-state index contributed by atoms with van der Waals surface area (Å²) in [7, 11) is 0. The third-order valence-electron chi connectivity index (χ3n) is 5.08. The molecule has 0 aliphatic heterocycles. The number of nitrogens with one attached hydrogen (secondary N) is 2. The van der Waals surface area contributed by atoms with Crippen molar-refractivity contribution < 1.29 is 14.7 Å². The highest BCUT2D eigenvalue weighted by atomic mass is 16.4. The summed E-state index contributed by atoms with van der Waals surface area (Å²) in [5.41, 5.74) is 3.40. The van der Waals surface area contributed by atoms with Gasteiger partial charge in [-0.1, -0.05) is 6.07 Å². The van der Waals surface area contributed by atoms with Gasteiger partial charge in [0.15, 0.2) is 0 Å². The average molecular weight is 331 g/mol. The second kappa shape index (κ2) is 7.64. The second-order valence-corrected chi connectivity index (χ2v) is 6.83. The highest BCUT2D eigenvalue weighted by Gasteiger charge is 2.26. The number of pyridine rings is 1. The summed E-state index contributed by atoms with van der Waals surface area (Å²) in [6.45, 7) is 0.420. The Morgan fingerprint density at radius 1 is 1.12 bits per heavy atom. The van der Waals surface area contributed by atoms with E-state index >= 15 is 0 Å². The number of rotatable bonds is 4. The van der Waals surface area contributed by atoms with E-state index in [1.54, 1.807) is 0 Å². The van der Waals surface area contributed by atoms with Crippen molar-refractivity contribution in [3.05, 3.63) is 29.1 Å². The molecule has 3 N–H and O–H groups in total. The topological polar surface area (TPSA) is 91.3 Å². The monoisotopic (exact) mass is 331 g/mol. The number of urea groups is 1. The van der Waals surface area contributed by atoms with Crippen LogP contribution < -0.4 is 10.6 Å². The van der Waals surface area contributed by atoms with Gasteiger partial charge >= 0.3 is 12.0 Å². The number of amides is 2. The third-order valence-corrected chi connectivity index (χ3v) is 5.08. The Balaban J connectivity index is 1.44. The molecule has 3 rings (SSSR count). The van der Waals surface area contributed by atoms with E-state index in [1.807, 2.05) is 6.07 Å². The summed E-state index contributed by atoms with van der Waals surface area (Å²) in [6, 6.07) is 3.98. The van der Waals surface area contributed by atoms with Gasteiger partial charge in [0, 0.05) is 11.7 Å². The first-order valence-electron chi connectivity index (χ1n) is 8.86. The Hall–Kier alpha value is -2.11. The van der Waals surface area contributed by atoms with Gasteiger partial charge in [-0.3, -0.25) is 9.78 Å². The molecule has 1 heterocycles. The van der Waals surface area contributed by atoms with Crippen molar-refractivity contribution in [2.75, 3.05) is 0 Å². The minimum absolute atomic E-state index is 0.0668. The maximum Gasteiger partial charge on any atom is 0.315 e. The van der Waals surface area contributed by atoms with Crippen LogP contribution in [0.15, 0.2) is 12.1 Å². The van der Waals surface area contributed by atoms with E-state index in [-0.39, 0.29) is 18.0 Å². The van der Waals surface area contributed by atoms with E-state index < -0.39 is 5.97 Å². The summed E-state index contributed by atoms with van der Waals surface area (Å²) < 4.78 is 0. The number of carbonyl (C=O) groups is 2. The van der Waals surface area contributed by atoms with Gasteiger partial charge in [0.25, 0.3) is 0 Å². The van der Waals surface area contributed by atoms with Crippen LogP contribution in [0.4, 0.5) is 4.79 Å². The van der Waals surface area contributed by atoms with E-state index in [2.05, 4.69) is 21.7 Å². The number of fused-ring (bicyclic) bond motifs is 1. The van der Waals surface area contributed by atoms with Crippen molar-refractivity contribution in [3.63, 3.8) is 0 Å². The number of carboxylic acid groups (broad SMARTS) is 1. The summed E-state index contributed by atoms with van der Waals surface area (Å²) in [5, 5.41) is 14.8. The molecule has 0 aromatic carbocycles. The third kappa shape index (κ3) is 4.24. The van der Waals surface area contributed by atoms with Gasteiger partial charge in [-0.15, -0.1) is 0 Å². The quantitative estimate of drug-likeness (QED) is 0.790. The minimum Gasteiger partial charge on any atom is -0.481 e. The molecular weight excluding hydrogens is 306 g/mol. The van der Waals surface area contributed by atoms with Gasteiger partial charge in [-0.05, 0) is 63.0 Å². The summed E-state index contributed by atoms with van der Waals surface area (Å²) in [5.74, 6) is -0.984. The Kier molecular flexibility index (Phi) is 5.33. The Labute approximate surface area is 142 Å². The SMILES string of the molecule is O=C(NCc1ccc2c(n1)CCCC2)NC1CCC(C(=O)O)CC1. The van der Waals surface area contributed by atoms with E-state index in [4.69, 9.17) is 5.11 Å². The minimum atomic E-state index is -0.726. The van der Waals surface area contributed by atoms with Crippen LogP contribution in [0.25, 0.3) is 0 Å². The Bertz CT molecular complexity index is 610. The molecule has 0 unspecified atom stereocenters. The first kappa shape index (κ1) is 16.7. The average Bonchev–Trinajstić information content (AvgIpc) is 2.60. The van der Waals surface area contributed by atoms with Crippen LogP contribution in [0, 0.1) is 5.92 Å². The largest absolute Gasteiger partial charge is 0.481 e. The van der Waals surface area contributed by atoms with Crippen LogP contribution in [0.1, 0.15) is 55.5 Å². The molecule has 0 radical (unpaired) electrons. The van der Waals surface area contributed by atoms with Gasteiger partial charge in [-0.2, -0.15) is 0 Å². The van der Waals surface area contributed by atoms with Crippen molar-refractivity contribution in [1.29, 1.82) is 0 Å². The molecule has 0 saturated heterocycles. The highest BCUT2D eigenvalue weighted by molar-refractivity contribution is 5.74. The van der Waals surface area contributed by atoms with Gasteiger partial charge in [0.2, 0.25) is 0 Å². The molecule has 6 nitrogen and oxygen atoms in total. The number of hydrogen-bond acceptors (Lipinski definition) is 3. The number of nitrogens with zero attached hydrogens (tertiary/aromatic N) is 1. The predicted molar refractivity (Wildman–Crippen MR) is 89.6 cm³/mol. The molecular formula is C18H25N3O3. The standard InChI is InChI=1S/C18H25N3O3/c22-17(23)13-6-8-14(9-7-13)21-18(24)19-11-15-10-5-12-3-1-2-4-16(12)20-15/h5,10,13-14H,1-4,6-9,11H2,(H,22,23)(H2,19,21,24). The number of carboxylic acids is 1. The molecule has 1 aromatic rings. The van der Waals surface area contributed by atoms with Crippen LogP contribution in [-0.2, 0) is 24.2 Å². The number of carbonyl (C=O) groups excluding carboxylic acids is 1. The molecule has 6 heteroatoms. The molecule has 0 spiro atoms. The van der Waals surface area contributed by atoms with Gasteiger partial charge in [0.1, 0.15) is 0 Å². The van der Waals surface area contributed by atoms with Crippen LogP contribution in [0.2, 0.25) is 0 Å². The molecule has 1 aromatic heterocycles. The first-order valence-corrected chi connectivity index (χ1v) is 8.86. The van der Waals surface area contributed by atoms with Crippen LogP contribution in [0.3, 0.4) is 0 Å². The zero-order chi connectivity index (χ0) is 16.9. The molecule has 24 heavy (non-hydrogen) atoms. The number of aromatic nitrogens is 1. The Morgan fingerprint density at radius 3 is 2.62 bits per heavy atom. The fourth-order valence-electron chi connectivity index (χ4n) is 3.62. The van der Waals surface area contributed by atoms with Crippen molar-refractivity contribution >= 4 is 12.0 Å². The molecule has 130 valence electrons. The molecule has 0 bridgehead atoms. The van der Waals surface area contributed by atoms with E-state index in [0.29, 0.717) is 19.4 Å². The van der Waals surface area contributed by atoms with E-state index in [0.717, 1.165) is 31.4 Å². The number of aliphatic carboxylic acids is 1. The van der Waals surface area contributed by atoms with Gasteiger partial charge in [0.05, 0.1) is 18.2 Å². The normalized spacial score (nSPS) is 23.2. The maximum atomic E-state index is 12.0. The van der Waals surface area contributed by atoms with Crippen molar-refractivity contribution in [2.24, 2.45) is 5.92 Å². The van der Waals surface area contributed by atoms with Crippen molar-refractivity contribution in [3.8, 4) is 0 Å². The molecule has 2 aliphatic carbocycles. The van der Waals surface area contributed by atoms with Gasteiger partial charge < -0.3 is 15.7 Å². The van der Waals surface area contributed by atoms with Gasteiger partial charge in [-0.25, -0.2) is 4.79 Å². The summed E-state index contributed by atoms with van der Waals surface area (Å²) >= 11 is 0. The Morgan fingerprint density at radius 2 is 1.88 bits per heavy atom. The zero-order valence-electron chi connectivity index (χ0n) is 13.9. The zero-order valence-corrected chi connectivity index (χ0v) is 13.9. The summed E-state index contributed by atoms with van der Waals surface area (Å²) in [6.07, 6.45) is 7.27. The van der Waals surface area contributed by atoms with E-state index in [9.17, 15) is 9.59 Å². The lowest BCUT2D eigenvalue weighted by atomic mass is 9.86. The molecule has 0 atom stereocenters. The lowest BCUT2D eigenvalue weighted by molar-refractivity contribution is -0.142. The first-order chi connectivity index (χ1) is 11.6. The number of hydrogen-bond donors (Lipinski definition) is 3. The summed E-state index contributed by atoms with van der Waals surface area (Å²) in [4.78, 5) is 27.6. The van der Waals surface area contributed by atoms with Crippen LogP contribution in [-0.4, -0.2) is 28.1 Å². The van der Waals surface area contributed by atoms with E-state index in [1.165, 1.54) is 24.1 Å². The highest BCUT2D eigenvalue weighted by Crippen LogP contribution is 2.24. The number of aryl methyl sites for hydroxylation is 2. The van der Waals surface area contributed by atoms with Crippen molar-refractivity contribution in [1.82, 2.24) is 15.6 Å². The second-order valence-electron chi connectivity index (χ2n) is 6.83. The fourth-order valence-corrected chi connectivity index (χ4v) is 3.62. The fraction of sp³-hybridized carbons (Fsp3) is 0.611. The lowest BCUT2D eigenvalue weighted by Gasteiger charge is -2.26. The molecule has 1 fully saturated rings. The molecule has 1 saturated carbocycles. The maximum absolute atomic E-state index is 12.0. The van der Waals surface area contributed by atoms with Crippen molar-refractivity contribution in [2.45, 2.75) is 64.0 Å². The molecule has 2 amide bonds.